The van der Waals surface area contributed by atoms with Crippen LogP contribution in [0.5, 0.6) is 5.75 Å². The first-order chi connectivity index (χ1) is 14.0. The third kappa shape index (κ3) is 5.92. The maximum Gasteiger partial charge on any atom is 0.258 e. The van der Waals surface area contributed by atoms with Gasteiger partial charge < -0.3 is 19.7 Å². The molecule has 156 valence electrons. The molecule has 0 aromatic heterocycles. The van der Waals surface area contributed by atoms with Gasteiger partial charge in [0.15, 0.2) is 18.2 Å². The van der Waals surface area contributed by atoms with Gasteiger partial charge in [0.05, 0.1) is 19.3 Å². The molecule has 0 bridgehead atoms. The molecule has 1 aliphatic heterocycles. The molecule has 1 N–H and O–H groups in total. The van der Waals surface area contributed by atoms with Gasteiger partial charge in [-0.3, -0.25) is 9.69 Å². The van der Waals surface area contributed by atoms with E-state index in [9.17, 15) is 9.18 Å². The average molecular weight is 401 g/mol. The van der Waals surface area contributed by atoms with Crippen LogP contribution < -0.4 is 15.0 Å². The van der Waals surface area contributed by atoms with Gasteiger partial charge in [0.2, 0.25) is 0 Å². The first kappa shape index (κ1) is 21.1. The molecule has 29 heavy (non-hydrogen) atoms. The number of para-hydroxylation sites is 1. The van der Waals surface area contributed by atoms with Crippen LogP contribution in [0.15, 0.2) is 48.5 Å². The lowest BCUT2D eigenvalue weighted by Crippen LogP contribution is -2.44. The van der Waals surface area contributed by atoms with Crippen LogP contribution in [0.1, 0.15) is 11.6 Å². The SMILES string of the molecule is CN(C)c1ccc([C@@H](CNC(=O)COc2ccccc2F)N2CCOCC2)cc1. The van der Waals surface area contributed by atoms with Crippen LogP contribution in [0.25, 0.3) is 0 Å². The van der Waals surface area contributed by atoms with E-state index in [0.29, 0.717) is 19.8 Å². The zero-order valence-corrected chi connectivity index (χ0v) is 16.9. The fourth-order valence-corrected chi connectivity index (χ4v) is 3.31. The molecule has 1 heterocycles. The summed E-state index contributed by atoms with van der Waals surface area (Å²) in [6, 6.07) is 14.4. The summed E-state index contributed by atoms with van der Waals surface area (Å²) in [4.78, 5) is 16.6. The van der Waals surface area contributed by atoms with Crippen molar-refractivity contribution in [3.63, 3.8) is 0 Å². The van der Waals surface area contributed by atoms with Gasteiger partial charge in [-0.25, -0.2) is 4.39 Å². The van der Waals surface area contributed by atoms with Gasteiger partial charge in [0.25, 0.3) is 5.91 Å². The predicted molar refractivity (Wildman–Crippen MR) is 111 cm³/mol. The van der Waals surface area contributed by atoms with Crippen LogP contribution in [0, 0.1) is 5.82 Å². The molecule has 7 heteroatoms. The van der Waals surface area contributed by atoms with Crippen molar-refractivity contribution in [2.45, 2.75) is 6.04 Å². The smallest absolute Gasteiger partial charge is 0.258 e. The summed E-state index contributed by atoms with van der Waals surface area (Å²) in [7, 11) is 4.01. The second-order valence-electron chi connectivity index (χ2n) is 7.17. The fraction of sp³-hybridized carbons (Fsp3) is 0.409. The first-order valence-corrected chi connectivity index (χ1v) is 9.77. The van der Waals surface area contributed by atoms with E-state index in [1.165, 1.54) is 12.1 Å². The van der Waals surface area contributed by atoms with E-state index in [0.717, 1.165) is 24.3 Å². The van der Waals surface area contributed by atoms with Crippen molar-refractivity contribution in [1.82, 2.24) is 10.2 Å². The van der Waals surface area contributed by atoms with Gasteiger partial charge in [0.1, 0.15) is 0 Å². The summed E-state index contributed by atoms with van der Waals surface area (Å²) < 4.78 is 24.4. The number of halogens is 1. The highest BCUT2D eigenvalue weighted by Crippen LogP contribution is 2.24. The van der Waals surface area contributed by atoms with E-state index in [-0.39, 0.29) is 24.3 Å². The van der Waals surface area contributed by atoms with Crippen molar-refractivity contribution < 1.29 is 18.7 Å². The Bertz CT molecular complexity index is 792. The lowest BCUT2D eigenvalue weighted by molar-refractivity contribution is -0.123. The van der Waals surface area contributed by atoms with Gasteiger partial charge in [-0.1, -0.05) is 24.3 Å². The minimum absolute atomic E-state index is 0.0347. The molecule has 1 amide bonds. The van der Waals surface area contributed by atoms with Crippen LogP contribution in [-0.2, 0) is 9.53 Å². The number of hydrogen-bond donors (Lipinski definition) is 1. The van der Waals surface area contributed by atoms with Gasteiger partial charge in [-0.15, -0.1) is 0 Å². The van der Waals surface area contributed by atoms with Gasteiger partial charge >= 0.3 is 0 Å². The summed E-state index contributed by atoms with van der Waals surface area (Å²) in [5, 5.41) is 2.93. The molecular weight excluding hydrogens is 373 g/mol. The van der Waals surface area contributed by atoms with E-state index in [1.54, 1.807) is 12.1 Å². The van der Waals surface area contributed by atoms with Crippen molar-refractivity contribution in [3.8, 4) is 5.75 Å². The number of carbonyl (C=O) groups excluding carboxylic acids is 1. The second kappa shape index (κ2) is 10.2. The van der Waals surface area contributed by atoms with E-state index >= 15 is 0 Å². The quantitative estimate of drug-likeness (QED) is 0.737. The van der Waals surface area contributed by atoms with Crippen molar-refractivity contribution in [1.29, 1.82) is 0 Å². The van der Waals surface area contributed by atoms with E-state index in [1.807, 2.05) is 14.1 Å². The first-order valence-electron chi connectivity index (χ1n) is 9.77. The second-order valence-corrected chi connectivity index (χ2v) is 7.17. The van der Waals surface area contributed by atoms with Crippen LogP contribution in [0.3, 0.4) is 0 Å². The summed E-state index contributed by atoms with van der Waals surface area (Å²) in [5.74, 6) is -0.685. The summed E-state index contributed by atoms with van der Waals surface area (Å²) in [6.07, 6.45) is 0. The number of morpholine rings is 1. The van der Waals surface area contributed by atoms with E-state index in [4.69, 9.17) is 9.47 Å². The van der Waals surface area contributed by atoms with E-state index < -0.39 is 5.82 Å². The Labute approximate surface area is 171 Å². The number of carbonyl (C=O) groups is 1. The molecule has 1 atom stereocenters. The van der Waals surface area contributed by atoms with Crippen LogP contribution in [0.4, 0.5) is 10.1 Å². The minimum atomic E-state index is -0.479. The lowest BCUT2D eigenvalue weighted by Gasteiger charge is -2.35. The van der Waals surface area contributed by atoms with Crippen LogP contribution >= 0.6 is 0 Å². The van der Waals surface area contributed by atoms with Crippen molar-refractivity contribution in [2.75, 3.05) is 58.5 Å². The molecule has 0 aliphatic carbocycles. The molecule has 0 unspecified atom stereocenters. The molecule has 1 saturated heterocycles. The van der Waals surface area contributed by atoms with Gasteiger partial charge in [-0.2, -0.15) is 0 Å². The summed E-state index contributed by atoms with van der Waals surface area (Å²) in [6.45, 7) is 3.19. The molecule has 6 nitrogen and oxygen atoms in total. The van der Waals surface area contributed by atoms with Gasteiger partial charge in [0, 0.05) is 39.4 Å². The zero-order valence-electron chi connectivity index (χ0n) is 16.9. The van der Waals surface area contributed by atoms with E-state index in [2.05, 4.69) is 39.4 Å². The third-order valence-corrected chi connectivity index (χ3v) is 4.97. The lowest BCUT2D eigenvalue weighted by atomic mass is 10.0. The Balaban J connectivity index is 1.62. The summed E-state index contributed by atoms with van der Waals surface area (Å²) >= 11 is 0. The standard InChI is InChI=1S/C22H28FN3O3/c1-25(2)18-9-7-17(8-10-18)20(26-11-13-28-14-12-26)15-24-22(27)16-29-21-6-4-3-5-19(21)23/h3-10,20H,11-16H2,1-2H3,(H,24,27)/t20-/m1/s1. The molecule has 1 fully saturated rings. The van der Waals surface area contributed by atoms with Gasteiger partial charge in [-0.05, 0) is 29.8 Å². The van der Waals surface area contributed by atoms with Crippen LogP contribution in [0.2, 0.25) is 0 Å². The Morgan fingerprint density at radius 2 is 1.86 bits per heavy atom. The van der Waals surface area contributed by atoms with Crippen molar-refractivity contribution in [2.24, 2.45) is 0 Å². The molecule has 0 saturated carbocycles. The highest BCUT2D eigenvalue weighted by atomic mass is 19.1. The highest BCUT2D eigenvalue weighted by Gasteiger charge is 2.23. The molecule has 2 aromatic rings. The fourth-order valence-electron chi connectivity index (χ4n) is 3.31. The topological polar surface area (TPSA) is 54.0 Å². The molecule has 1 aliphatic rings. The molecule has 2 aromatic carbocycles. The maximum atomic E-state index is 13.6. The van der Waals surface area contributed by atoms with Crippen LogP contribution in [-0.4, -0.2) is 64.4 Å². The Morgan fingerprint density at radius 3 is 2.52 bits per heavy atom. The zero-order chi connectivity index (χ0) is 20.6. The number of rotatable bonds is 8. The van der Waals surface area contributed by atoms with Crippen molar-refractivity contribution in [3.05, 3.63) is 59.9 Å². The number of benzene rings is 2. The molecular formula is C22H28FN3O3. The highest BCUT2D eigenvalue weighted by molar-refractivity contribution is 5.77. The molecule has 3 rings (SSSR count). The normalized spacial score (nSPS) is 15.6. The Hall–Kier alpha value is -2.64. The molecule has 0 radical (unpaired) electrons. The Kier molecular flexibility index (Phi) is 7.43. The molecule has 0 spiro atoms. The number of nitrogens with one attached hydrogen (secondary N) is 1. The Morgan fingerprint density at radius 1 is 1.17 bits per heavy atom. The number of nitrogens with zero attached hydrogens (tertiary/aromatic N) is 2. The largest absolute Gasteiger partial charge is 0.481 e. The number of ether oxygens (including phenoxy) is 2. The monoisotopic (exact) mass is 401 g/mol. The number of hydrogen-bond acceptors (Lipinski definition) is 5. The predicted octanol–water partition coefficient (Wildman–Crippen LogP) is 2.46. The number of anilines is 1. The summed E-state index contributed by atoms with van der Waals surface area (Å²) in [5.41, 5.74) is 2.25. The van der Waals surface area contributed by atoms with Crippen molar-refractivity contribution >= 4 is 11.6 Å². The number of amides is 1. The maximum absolute atomic E-state index is 13.6. The third-order valence-electron chi connectivity index (χ3n) is 4.97. The minimum Gasteiger partial charge on any atom is -0.481 e. The average Bonchev–Trinajstić information content (AvgIpc) is 2.74.